The minimum atomic E-state index is -0.449. The van der Waals surface area contributed by atoms with Crippen LogP contribution in [-0.2, 0) is 11.8 Å². The van der Waals surface area contributed by atoms with E-state index in [0.717, 1.165) is 10.9 Å². The molecule has 0 atom stereocenters. The van der Waals surface area contributed by atoms with Crippen LogP contribution in [0.3, 0.4) is 0 Å². The normalized spacial score (nSPS) is 18.9. The van der Waals surface area contributed by atoms with Gasteiger partial charge in [-0.2, -0.15) is 5.10 Å². The number of fused-ring (bicyclic) bond motifs is 1. The number of aromatic nitrogens is 2. The molecule has 1 aliphatic carbocycles. The predicted molar refractivity (Wildman–Crippen MR) is 114 cm³/mol. The van der Waals surface area contributed by atoms with Crippen LogP contribution in [0.5, 0.6) is 0 Å². The topological polar surface area (TPSA) is 76.0 Å². The molecule has 0 spiro atoms. The number of anilines is 1. The molecule has 0 saturated heterocycles. The number of rotatable bonds is 4. The SMILES string of the molecule is Cn1nc(C(=O)N[C@H]2CC[C@H](C(=O)Nc3ccc(F)cc3Cl)CC2)c2ccccc21. The van der Waals surface area contributed by atoms with Crippen LogP contribution in [0.15, 0.2) is 42.5 Å². The molecule has 30 heavy (non-hydrogen) atoms. The molecule has 3 aromatic rings. The maximum atomic E-state index is 13.2. The van der Waals surface area contributed by atoms with E-state index in [1.165, 1.54) is 18.2 Å². The first kappa shape index (κ1) is 20.3. The smallest absolute Gasteiger partial charge is 0.272 e. The number of carbonyl (C=O) groups is 2. The van der Waals surface area contributed by atoms with Crippen molar-refractivity contribution < 1.29 is 14.0 Å². The molecule has 0 aliphatic heterocycles. The maximum absolute atomic E-state index is 13.2. The standard InChI is InChI=1S/C22H22ClFN4O2/c1-28-19-5-3-2-4-16(19)20(27-28)22(30)25-15-9-6-13(7-10-15)21(29)26-18-11-8-14(24)12-17(18)23/h2-5,8,11-13,15H,6-7,9-10H2,1H3,(H,25,30)(H,26,29)/t13-,15-. The Hall–Kier alpha value is -2.93. The van der Waals surface area contributed by atoms with Crippen molar-refractivity contribution >= 4 is 40.0 Å². The number of hydrogen-bond donors (Lipinski definition) is 2. The van der Waals surface area contributed by atoms with Gasteiger partial charge in [-0.1, -0.05) is 29.8 Å². The number of nitrogens with zero attached hydrogens (tertiary/aromatic N) is 2. The third kappa shape index (κ3) is 4.16. The lowest BCUT2D eigenvalue weighted by molar-refractivity contribution is -0.120. The van der Waals surface area contributed by atoms with Crippen LogP contribution in [0.2, 0.25) is 5.02 Å². The maximum Gasteiger partial charge on any atom is 0.272 e. The van der Waals surface area contributed by atoms with Gasteiger partial charge in [0.25, 0.3) is 5.91 Å². The van der Waals surface area contributed by atoms with Crippen LogP contribution in [0.4, 0.5) is 10.1 Å². The second-order valence-electron chi connectivity index (χ2n) is 7.62. The number of halogens is 2. The summed E-state index contributed by atoms with van der Waals surface area (Å²) in [5, 5.41) is 11.2. The number of amides is 2. The van der Waals surface area contributed by atoms with Gasteiger partial charge in [-0.3, -0.25) is 14.3 Å². The fourth-order valence-electron chi connectivity index (χ4n) is 3.96. The van der Waals surface area contributed by atoms with Crippen LogP contribution in [0.25, 0.3) is 10.9 Å². The molecule has 2 amide bonds. The highest BCUT2D eigenvalue weighted by atomic mass is 35.5. The van der Waals surface area contributed by atoms with Gasteiger partial charge in [0.2, 0.25) is 5.91 Å². The summed E-state index contributed by atoms with van der Waals surface area (Å²) < 4.78 is 14.9. The third-order valence-electron chi connectivity index (χ3n) is 5.60. The highest BCUT2D eigenvalue weighted by molar-refractivity contribution is 6.33. The minimum Gasteiger partial charge on any atom is -0.348 e. The fourth-order valence-corrected chi connectivity index (χ4v) is 4.18. The number of hydrogen-bond acceptors (Lipinski definition) is 3. The Kier molecular flexibility index (Phi) is 5.72. The molecule has 4 rings (SSSR count). The van der Waals surface area contributed by atoms with Gasteiger partial charge in [-0.25, -0.2) is 4.39 Å². The minimum absolute atomic E-state index is 0.00303. The molecule has 0 bridgehead atoms. The van der Waals surface area contributed by atoms with E-state index < -0.39 is 5.82 Å². The Bertz CT molecular complexity index is 1110. The second kappa shape index (κ2) is 8.44. The van der Waals surface area contributed by atoms with Crippen molar-refractivity contribution in [3.63, 3.8) is 0 Å². The van der Waals surface area contributed by atoms with Crippen LogP contribution in [-0.4, -0.2) is 27.6 Å². The van der Waals surface area contributed by atoms with Crippen molar-refractivity contribution in [2.75, 3.05) is 5.32 Å². The van der Waals surface area contributed by atoms with Gasteiger partial charge >= 0.3 is 0 Å². The first-order chi connectivity index (χ1) is 14.4. The molecule has 6 nitrogen and oxygen atoms in total. The van der Waals surface area contributed by atoms with Crippen molar-refractivity contribution in [2.45, 2.75) is 31.7 Å². The van der Waals surface area contributed by atoms with Crippen molar-refractivity contribution in [3.05, 3.63) is 59.0 Å². The summed E-state index contributed by atoms with van der Waals surface area (Å²) in [6.07, 6.45) is 2.70. The summed E-state index contributed by atoms with van der Waals surface area (Å²) in [5.41, 5.74) is 1.72. The largest absolute Gasteiger partial charge is 0.348 e. The van der Waals surface area contributed by atoms with Crippen LogP contribution < -0.4 is 10.6 Å². The zero-order valence-corrected chi connectivity index (χ0v) is 17.2. The van der Waals surface area contributed by atoms with Crippen molar-refractivity contribution in [2.24, 2.45) is 13.0 Å². The van der Waals surface area contributed by atoms with Crippen molar-refractivity contribution in [3.8, 4) is 0 Å². The van der Waals surface area contributed by atoms with Gasteiger partial charge in [-0.05, 0) is 49.9 Å². The van der Waals surface area contributed by atoms with Gasteiger partial charge < -0.3 is 10.6 Å². The van der Waals surface area contributed by atoms with Crippen molar-refractivity contribution in [1.82, 2.24) is 15.1 Å². The van der Waals surface area contributed by atoms with Gasteiger partial charge in [0.15, 0.2) is 5.69 Å². The van der Waals surface area contributed by atoms with E-state index in [4.69, 9.17) is 11.6 Å². The molecule has 8 heteroatoms. The molecule has 1 heterocycles. The Balaban J connectivity index is 1.34. The van der Waals surface area contributed by atoms with Gasteiger partial charge in [0.1, 0.15) is 5.82 Å². The van der Waals surface area contributed by atoms with E-state index in [1.807, 2.05) is 31.3 Å². The molecule has 0 radical (unpaired) electrons. The average molecular weight is 429 g/mol. The summed E-state index contributed by atoms with van der Waals surface area (Å²) in [5.74, 6) is -0.952. The third-order valence-corrected chi connectivity index (χ3v) is 5.91. The van der Waals surface area contributed by atoms with E-state index in [1.54, 1.807) is 4.68 Å². The summed E-state index contributed by atoms with van der Waals surface area (Å²) in [6.45, 7) is 0. The monoisotopic (exact) mass is 428 g/mol. The molecule has 2 aromatic carbocycles. The first-order valence-corrected chi connectivity index (χ1v) is 10.3. The average Bonchev–Trinajstić information content (AvgIpc) is 3.08. The summed E-state index contributed by atoms with van der Waals surface area (Å²) in [4.78, 5) is 25.3. The number of carbonyl (C=O) groups excluding carboxylic acids is 2. The quantitative estimate of drug-likeness (QED) is 0.650. The number of nitrogens with one attached hydrogen (secondary N) is 2. The van der Waals surface area contributed by atoms with E-state index in [0.29, 0.717) is 37.1 Å². The zero-order chi connectivity index (χ0) is 21.3. The van der Waals surface area contributed by atoms with Crippen molar-refractivity contribution in [1.29, 1.82) is 0 Å². The van der Waals surface area contributed by atoms with Gasteiger partial charge in [0.05, 0.1) is 16.2 Å². The van der Waals surface area contributed by atoms with E-state index in [2.05, 4.69) is 15.7 Å². The highest BCUT2D eigenvalue weighted by Gasteiger charge is 2.28. The fraction of sp³-hybridized carbons (Fsp3) is 0.318. The Morgan fingerprint density at radius 3 is 2.60 bits per heavy atom. The predicted octanol–water partition coefficient (Wildman–Crippen LogP) is 4.29. The number of aryl methyl sites for hydroxylation is 1. The molecule has 1 saturated carbocycles. The molecule has 1 aliphatic rings. The zero-order valence-electron chi connectivity index (χ0n) is 16.5. The molecule has 156 valence electrons. The Morgan fingerprint density at radius 2 is 1.87 bits per heavy atom. The lowest BCUT2D eigenvalue weighted by atomic mass is 9.85. The van der Waals surface area contributed by atoms with E-state index >= 15 is 0 Å². The van der Waals surface area contributed by atoms with E-state index in [9.17, 15) is 14.0 Å². The molecule has 1 aromatic heterocycles. The Morgan fingerprint density at radius 1 is 1.13 bits per heavy atom. The molecule has 2 N–H and O–H groups in total. The van der Waals surface area contributed by atoms with Crippen LogP contribution in [0.1, 0.15) is 36.2 Å². The van der Waals surface area contributed by atoms with Gasteiger partial charge in [0, 0.05) is 24.4 Å². The number of para-hydroxylation sites is 1. The molecular weight excluding hydrogens is 407 g/mol. The van der Waals surface area contributed by atoms with Crippen LogP contribution >= 0.6 is 11.6 Å². The lowest BCUT2D eigenvalue weighted by Gasteiger charge is -2.28. The molecular formula is C22H22ClFN4O2. The first-order valence-electron chi connectivity index (χ1n) is 9.91. The summed E-state index contributed by atoms with van der Waals surface area (Å²) >= 11 is 5.98. The Labute approximate surface area is 178 Å². The van der Waals surface area contributed by atoms with Crippen LogP contribution in [0, 0.1) is 11.7 Å². The lowest BCUT2D eigenvalue weighted by Crippen LogP contribution is -2.39. The second-order valence-corrected chi connectivity index (χ2v) is 8.03. The highest BCUT2D eigenvalue weighted by Crippen LogP contribution is 2.28. The van der Waals surface area contributed by atoms with Gasteiger partial charge in [-0.15, -0.1) is 0 Å². The molecule has 1 fully saturated rings. The summed E-state index contributed by atoms with van der Waals surface area (Å²) in [7, 11) is 1.82. The molecule has 0 unspecified atom stereocenters. The number of benzene rings is 2. The summed E-state index contributed by atoms with van der Waals surface area (Å²) in [6, 6.07) is 11.5. The van der Waals surface area contributed by atoms with E-state index in [-0.39, 0.29) is 28.8 Å².